The smallest absolute Gasteiger partial charge is 0.0537 e. The SMILES string of the molecule is CCNCc1cnn(CC)c1C1CC1. The van der Waals surface area contributed by atoms with Gasteiger partial charge in [-0.15, -0.1) is 0 Å². The van der Waals surface area contributed by atoms with E-state index in [-0.39, 0.29) is 0 Å². The summed E-state index contributed by atoms with van der Waals surface area (Å²) in [5.41, 5.74) is 2.88. The zero-order valence-corrected chi connectivity index (χ0v) is 9.08. The van der Waals surface area contributed by atoms with Crippen LogP contribution in [0, 0.1) is 0 Å². The van der Waals surface area contributed by atoms with Crippen LogP contribution in [0.15, 0.2) is 6.20 Å². The molecule has 1 saturated carbocycles. The molecule has 0 aromatic carbocycles. The van der Waals surface area contributed by atoms with Gasteiger partial charge in [-0.2, -0.15) is 5.10 Å². The number of hydrogen-bond donors (Lipinski definition) is 1. The molecule has 0 unspecified atom stereocenters. The fourth-order valence-corrected chi connectivity index (χ4v) is 1.91. The van der Waals surface area contributed by atoms with E-state index >= 15 is 0 Å². The predicted molar refractivity (Wildman–Crippen MR) is 57.3 cm³/mol. The second-order valence-electron chi connectivity index (χ2n) is 3.93. The second-order valence-corrected chi connectivity index (χ2v) is 3.93. The van der Waals surface area contributed by atoms with Gasteiger partial charge >= 0.3 is 0 Å². The van der Waals surface area contributed by atoms with Crippen molar-refractivity contribution in [2.45, 2.75) is 45.7 Å². The summed E-state index contributed by atoms with van der Waals surface area (Å²) in [5.74, 6) is 0.797. The Bertz CT molecular complexity index is 299. The molecule has 1 aromatic rings. The Hall–Kier alpha value is -0.830. The van der Waals surface area contributed by atoms with Crippen molar-refractivity contribution >= 4 is 0 Å². The average molecular weight is 193 g/mol. The summed E-state index contributed by atoms with van der Waals surface area (Å²) in [5, 5.41) is 7.80. The Labute approximate surface area is 85.5 Å². The van der Waals surface area contributed by atoms with E-state index in [0.29, 0.717) is 0 Å². The zero-order chi connectivity index (χ0) is 9.97. The molecular formula is C11H19N3. The first-order chi connectivity index (χ1) is 6.86. The van der Waals surface area contributed by atoms with Gasteiger partial charge in [0.2, 0.25) is 0 Å². The lowest BCUT2D eigenvalue weighted by Gasteiger charge is -2.06. The number of aryl methyl sites for hydroxylation is 1. The molecule has 1 aliphatic rings. The zero-order valence-electron chi connectivity index (χ0n) is 9.08. The number of rotatable bonds is 5. The number of nitrogens with zero attached hydrogens (tertiary/aromatic N) is 2. The molecule has 78 valence electrons. The van der Waals surface area contributed by atoms with E-state index in [1.165, 1.54) is 24.1 Å². The van der Waals surface area contributed by atoms with Crippen LogP contribution in [0.5, 0.6) is 0 Å². The molecular weight excluding hydrogens is 174 g/mol. The quantitative estimate of drug-likeness (QED) is 0.774. The maximum atomic E-state index is 4.43. The van der Waals surface area contributed by atoms with Crippen LogP contribution < -0.4 is 5.32 Å². The summed E-state index contributed by atoms with van der Waals surface area (Å²) < 4.78 is 2.16. The highest BCUT2D eigenvalue weighted by Gasteiger charge is 2.29. The minimum atomic E-state index is 0.797. The van der Waals surface area contributed by atoms with Crippen LogP contribution in [-0.4, -0.2) is 16.3 Å². The summed E-state index contributed by atoms with van der Waals surface area (Å²) in [4.78, 5) is 0. The number of nitrogens with one attached hydrogen (secondary N) is 1. The van der Waals surface area contributed by atoms with Crippen molar-refractivity contribution < 1.29 is 0 Å². The molecule has 1 N–H and O–H groups in total. The first-order valence-electron chi connectivity index (χ1n) is 5.62. The summed E-state index contributed by atoms with van der Waals surface area (Å²) in [6.07, 6.45) is 4.73. The van der Waals surface area contributed by atoms with Gasteiger partial charge in [-0.3, -0.25) is 4.68 Å². The molecule has 1 fully saturated rings. The van der Waals surface area contributed by atoms with Crippen LogP contribution in [0.4, 0.5) is 0 Å². The molecule has 0 amide bonds. The van der Waals surface area contributed by atoms with E-state index in [9.17, 15) is 0 Å². The van der Waals surface area contributed by atoms with Crippen LogP contribution in [-0.2, 0) is 13.1 Å². The molecule has 3 heteroatoms. The maximum absolute atomic E-state index is 4.43. The van der Waals surface area contributed by atoms with Crippen molar-refractivity contribution in [2.75, 3.05) is 6.54 Å². The largest absolute Gasteiger partial charge is 0.313 e. The van der Waals surface area contributed by atoms with Crippen molar-refractivity contribution in [1.82, 2.24) is 15.1 Å². The lowest BCUT2D eigenvalue weighted by atomic mass is 10.2. The van der Waals surface area contributed by atoms with Crippen LogP contribution in [0.1, 0.15) is 43.9 Å². The molecule has 2 rings (SSSR count). The minimum absolute atomic E-state index is 0.797. The Kier molecular flexibility index (Phi) is 2.87. The van der Waals surface area contributed by atoms with E-state index in [4.69, 9.17) is 0 Å². The monoisotopic (exact) mass is 193 g/mol. The third-order valence-corrected chi connectivity index (χ3v) is 2.79. The Morgan fingerprint density at radius 3 is 2.86 bits per heavy atom. The Morgan fingerprint density at radius 2 is 2.29 bits per heavy atom. The van der Waals surface area contributed by atoms with E-state index in [1.54, 1.807) is 0 Å². The van der Waals surface area contributed by atoms with Gasteiger partial charge < -0.3 is 5.32 Å². The normalized spacial score (nSPS) is 16.1. The standard InChI is InChI=1S/C11H19N3/c1-3-12-7-10-8-13-14(4-2)11(10)9-5-6-9/h8-9,12H,3-7H2,1-2H3. The van der Waals surface area contributed by atoms with Crippen LogP contribution >= 0.6 is 0 Å². The van der Waals surface area contributed by atoms with Crippen LogP contribution in [0.25, 0.3) is 0 Å². The fraction of sp³-hybridized carbons (Fsp3) is 0.727. The first-order valence-corrected chi connectivity index (χ1v) is 5.62. The molecule has 0 aliphatic heterocycles. The maximum Gasteiger partial charge on any atom is 0.0537 e. The topological polar surface area (TPSA) is 29.9 Å². The van der Waals surface area contributed by atoms with Gasteiger partial charge in [0.1, 0.15) is 0 Å². The molecule has 0 atom stereocenters. The third-order valence-electron chi connectivity index (χ3n) is 2.79. The third kappa shape index (κ3) is 1.82. The summed E-state index contributed by atoms with van der Waals surface area (Å²) >= 11 is 0. The van der Waals surface area contributed by atoms with Gasteiger partial charge in [0.15, 0.2) is 0 Å². The van der Waals surface area contributed by atoms with Crippen LogP contribution in [0.2, 0.25) is 0 Å². The summed E-state index contributed by atoms with van der Waals surface area (Å²) in [6, 6.07) is 0. The van der Waals surface area contributed by atoms with Gasteiger partial charge in [-0.1, -0.05) is 6.92 Å². The molecule has 0 radical (unpaired) electrons. The number of hydrogen-bond acceptors (Lipinski definition) is 2. The highest BCUT2D eigenvalue weighted by Crippen LogP contribution is 2.41. The molecule has 3 nitrogen and oxygen atoms in total. The van der Waals surface area contributed by atoms with Gasteiger partial charge in [0.25, 0.3) is 0 Å². The molecule has 0 saturated heterocycles. The van der Waals surface area contributed by atoms with Crippen molar-refractivity contribution in [3.8, 4) is 0 Å². The highest BCUT2D eigenvalue weighted by molar-refractivity contribution is 5.25. The molecule has 1 aromatic heterocycles. The van der Waals surface area contributed by atoms with E-state index in [2.05, 4.69) is 28.9 Å². The van der Waals surface area contributed by atoms with Gasteiger partial charge in [0.05, 0.1) is 6.20 Å². The van der Waals surface area contributed by atoms with Gasteiger partial charge in [-0.25, -0.2) is 0 Å². The average Bonchev–Trinajstić information content (AvgIpc) is 2.96. The van der Waals surface area contributed by atoms with Crippen molar-refractivity contribution in [3.05, 3.63) is 17.5 Å². The van der Waals surface area contributed by atoms with Crippen LogP contribution in [0.3, 0.4) is 0 Å². The fourth-order valence-electron chi connectivity index (χ4n) is 1.91. The lowest BCUT2D eigenvalue weighted by Crippen LogP contribution is -2.13. The first kappa shape index (κ1) is 9.71. The van der Waals surface area contributed by atoms with Crippen molar-refractivity contribution in [2.24, 2.45) is 0 Å². The van der Waals surface area contributed by atoms with Crippen molar-refractivity contribution in [1.29, 1.82) is 0 Å². The van der Waals surface area contributed by atoms with Crippen molar-refractivity contribution in [3.63, 3.8) is 0 Å². The number of aromatic nitrogens is 2. The highest BCUT2D eigenvalue weighted by atomic mass is 15.3. The second kappa shape index (κ2) is 4.13. The van der Waals surface area contributed by atoms with E-state index < -0.39 is 0 Å². The molecule has 1 aliphatic carbocycles. The Balaban J connectivity index is 2.16. The van der Waals surface area contributed by atoms with E-state index in [0.717, 1.165) is 25.6 Å². The molecule has 0 bridgehead atoms. The molecule has 1 heterocycles. The van der Waals surface area contributed by atoms with E-state index in [1.807, 2.05) is 6.20 Å². The molecule has 0 spiro atoms. The summed E-state index contributed by atoms with van der Waals surface area (Å²) in [6.45, 7) is 7.30. The lowest BCUT2D eigenvalue weighted by molar-refractivity contribution is 0.617. The Morgan fingerprint density at radius 1 is 1.50 bits per heavy atom. The predicted octanol–water partition coefficient (Wildman–Crippen LogP) is 1.89. The van der Waals surface area contributed by atoms with Gasteiger partial charge in [-0.05, 0) is 26.3 Å². The summed E-state index contributed by atoms with van der Waals surface area (Å²) in [7, 11) is 0. The minimum Gasteiger partial charge on any atom is -0.313 e. The van der Waals surface area contributed by atoms with Gasteiger partial charge in [0, 0.05) is 30.3 Å². The molecule has 14 heavy (non-hydrogen) atoms.